The fraction of sp³-hybridized carbons (Fsp3) is 0.733. The van der Waals surface area contributed by atoms with Crippen LogP contribution in [0.25, 0.3) is 0 Å². The molecule has 0 unspecified atom stereocenters. The molecule has 1 aliphatic heterocycles. The number of thiazole rings is 1. The second-order valence-corrected chi connectivity index (χ2v) is 6.76. The number of hydrogen-bond donors (Lipinski definition) is 1. The van der Waals surface area contributed by atoms with Gasteiger partial charge in [0.25, 0.3) is 0 Å². The topological polar surface area (TPSA) is 54.3 Å². The number of aromatic nitrogens is 1. The molecule has 1 aliphatic rings. The van der Waals surface area contributed by atoms with Gasteiger partial charge in [0, 0.05) is 43.7 Å². The Morgan fingerprint density at radius 1 is 1.48 bits per heavy atom. The van der Waals surface area contributed by atoms with Crippen LogP contribution in [0.1, 0.15) is 31.9 Å². The summed E-state index contributed by atoms with van der Waals surface area (Å²) in [7, 11) is 0. The van der Waals surface area contributed by atoms with Crippen molar-refractivity contribution in [2.45, 2.75) is 39.7 Å². The Hall–Kier alpha value is -1.14. The van der Waals surface area contributed by atoms with Gasteiger partial charge in [-0.3, -0.25) is 9.59 Å². The first-order chi connectivity index (χ1) is 10.1. The number of amides is 1. The van der Waals surface area contributed by atoms with Crippen molar-refractivity contribution in [3.8, 4) is 0 Å². The highest BCUT2D eigenvalue weighted by atomic mass is 32.1. The quantitative estimate of drug-likeness (QED) is 0.865. The van der Waals surface area contributed by atoms with Gasteiger partial charge in [0.1, 0.15) is 0 Å². The monoisotopic (exact) mass is 311 g/mol. The number of rotatable bonds is 6. The highest BCUT2D eigenvalue weighted by Gasteiger charge is 2.15. The number of likely N-dealkylation sites (tertiary alicyclic amines) is 1. The van der Waals surface area contributed by atoms with Crippen molar-refractivity contribution in [3.05, 3.63) is 20.7 Å². The molecular formula is C15H25N3O2S. The van der Waals surface area contributed by atoms with Gasteiger partial charge >= 0.3 is 4.87 Å². The van der Waals surface area contributed by atoms with Crippen LogP contribution in [0.2, 0.25) is 0 Å². The fourth-order valence-electron chi connectivity index (χ4n) is 2.82. The third kappa shape index (κ3) is 4.97. The zero-order chi connectivity index (χ0) is 15.2. The van der Waals surface area contributed by atoms with E-state index >= 15 is 0 Å². The minimum absolute atomic E-state index is 0.0163. The zero-order valence-corrected chi connectivity index (χ0v) is 13.7. The Morgan fingerprint density at radius 2 is 2.29 bits per heavy atom. The third-order valence-electron chi connectivity index (χ3n) is 4.03. The lowest BCUT2D eigenvalue weighted by Gasteiger charge is -2.30. The molecule has 1 aromatic rings. The highest BCUT2D eigenvalue weighted by Crippen LogP contribution is 2.14. The summed E-state index contributed by atoms with van der Waals surface area (Å²) in [6.07, 6.45) is 2.95. The van der Waals surface area contributed by atoms with Gasteiger partial charge in [-0.15, -0.1) is 0 Å². The second kappa shape index (κ2) is 7.75. The second-order valence-electron chi connectivity index (χ2n) is 5.94. The molecule has 0 spiro atoms. The van der Waals surface area contributed by atoms with Crippen molar-refractivity contribution in [1.29, 1.82) is 0 Å². The molecular weight excluding hydrogens is 286 g/mol. The molecule has 1 saturated heterocycles. The van der Waals surface area contributed by atoms with E-state index in [-0.39, 0.29) is 10.8 Å². The molecule has 1 atom stereocenters. The molecule has 0 radical (unpaired) electrons. The van der Waals surface area contributed by atoms with Gasteiger partial charge in [0.15, 0.2) is 0 Å². The first-order valence-electron chi connectivity index (χ1n) is 7.70. The summed E-state index contributed by atoms with van der Waals surface area (Å²) in [6.45, 7) is 8.55. The summed E-state index contributed by atoms with van der Waals surface area (Å²) in [5, 5.41) is 4.78. The van der Waals surface area contributed by atoms with E-state index in [0.717, 1.165) is 31.2 Å². The molecule has 6 heteroatoms. The average molecular weight is 311 g/mol. The molecule has 1 N–H and O–H groups in total. The number of piperidine rings is 1. The van der Waals surface area contributed by atoms with Crippen molar-refractivity contribution >= 4 is 17.2 Å². The van der Waals surface area contributed by atoms with Crippen molar-refractivity contribution < 1.29 is 4.79 Å². The summed E-state index contributed by atoms with van der Waals surface area (Å²) in [4.78, 5) is 25.8. The van der Waals surface area contributed by atoms with E-state index in [1.165, 1.54) is 24.2 Å². The number of hydrogen-bond acceptors (Lipinski definition) is 4. The molecule has 1 amide bonds. The van der Waals surface area contributed by atoms with Crippen LogP contribution in [0.15, 0.2) is 10.2 Å². The summed E-state index contributed by atoms with van der Waals surface area (Å²) >= 11 is 1.19. The number of aryl methyl sites for hydroxylation is 1. The van der Waals surface area contributed by atoms with E-state index in [1.54, 1.807) is 4.57 Å². The van der Waals surface area contributed by atoms with E-state index in [9.17, 15) is 9.59 Å². The first kappa shape index (κ1) is 16.2. The van der Waals surface area contributed by atoms with Gasteiger partial charge in [0.2, 0.25) is 5.91 Å². The van der Waals surface area contributed by atoms with E-state index in [0.29, 0.717) is 19.5 Å². The van der Waals surface area contributed by atoms with Crippen molar-refractivity contribution in [2.24, 2.45) is 5.92 Å². The van der Waals surface area contributed by atoms with Gasteiger partial charge in [0.05, 0.1) is 0 Å². The summed E-state index contributed by atoms with van der Waals surface area (Å²) in [5.74, 6) is 0.792. The average Bonchev–Trinajstić information content (AvgIpc) is 2.76. The summed E-state index contributed by atoms with van der Waals surface area (Å²) in [6, 6.07) is 0. The number of carbonyl (C=O) groups is 1. The molecule has 0 aliphatic carbocycles. The first-order valence-corrected chi connectivity index (χ1v) is 8.58. The summed E-state index contributed by atoms with van der Waals surface area (Å²) < 4.78 is 1.66. The minimum atomic E-state index is 0.0163. The highest BCUT2D eigenvalue weighted by molar-refractivity contribution is 7.07. The molecule has 21 heavy (non-hydrogen) atoms. The normalized spacial score (nSPS) is 19.6. The molecule has 1 aromatic heterocycles. The maximum Gasteiger partial charge on any atom is 0.307 e. The number of carbonyl (C=O) groups excluding carboxylic acids is 1. The Balaban J connectivity index is 1.65. The maximum atomic E-state index is 11.8. The van der Waals surface area contributed by atoms with Gasteiger partial charge in [-0.2, -0.15) is 0 Å². The van der Waals surface area contributed by atoms with Crippen molar-refractivity contribution in [1.82, 2.24) is 14.8 Å². The lowest BCUT2D eigenvalue weighted by Crippen LogP contribution is -2.40. The molecule has 1 fully saturated rings. The smallest absolute Gasteiger partial charge is 0.307 e. The van der Waals surface area contributed by atoms with Crippen molar-refractivity contribution in [2.75, 3.05) is 26.2 Å². The van der Waals surface area contributed by atoms with Crippen LogP contribution in [0.3, 0.4) is 0 Å². The van der Waals surface area contributed by atoms with Crippen LogP contribution < -0.4 is 10.2 Å². The lowest BCUT2D eigenvalue weighted by molar-refractivity contribution is -0.121. The minimum Gasteiger partial charge on any atom is -0.355 e. The lowest BCUT2D eigenvalue weighted by atomic mass is 10.0. The van der Waals surface area contributed by atoms with E-state index in [4.69, 9.17) is 0 Å². The molecule has 2 rings (SSSR count). The van der Waals surface area contributed by atoms with Crippen LogP contribution in [0.5, 0.6) is 0 Å². The van der Waals surface area contributed by atoms with Crippen LogP contribution >= 0.6 is 11.3 Å². The van der Waals surface area contributed by atoms with E-state index in [1.807, 2.05) is 12.3 Å². The molecule has 118 valence electrons. The van der Waals surface area contributed by atoms with Gasteiger partial charge in [-0.25, -0.2) is 0 Å². The number of nitrogens with one attached hydrogen (secondary N) is 1. The van der Waals surface area contributed by atoms with Gasteiger partial charge in [-0.05, 0) is 32.2 Å². The Kier molecular flexibility index (Phi) is 5.99. The molecule has 2 heterocycles. The molecule has 0 saturated carbocycles. The van der Waals surface area contributed by atoms with Gasteiger partial charge < -0.3 is 14.8 Å². The predicted molar refractivity (Wildman–Crippen MR) is 85.8 cm³/mol. The van der Waals surface area contributed by atoms with E-state index < -0.39 is 0 Å². The van der Waals surface area contributed by atoms with Crippen LogP contribution in [-0.4, -0.2) is 41.6 Å². The van der Waals surface area contributed by atoms with Crippen LogP contribution in [-0.2, 0) is 11.3 Å². The maximum absolute atomic E-state index is 11.8. The molecule has 5 nitrogen and oxygen atoms in total. The summed E-state index contributed by atoms with van der Waals surface area (Å²) in [5.41, 5.74) is 0.931. The zero-order valence-electron chi connectivity index (χ0n) is 12.9. The standard InChI is InChI=1S/C15H25N3O2S/c1-12-4-3-7-17(10-12)9-6-16-14(19)5-8-18-13(2)11-21-15(18)20/h11-12H,3-10H2,1-2H3,(H,16,19)/t12-/m1/s1. The Bertz CT molecular complexity index is 523. The molecule has 0 bridgehead atoms. The number of nitrogens with zero attached hydrogens (tertiary/aromatic N) is 2. The Morgan fingerprint density at radius 3 is 2.95 bits per heavy atom. The SMILES string of the molecule is Cc1csc(=O)n1CCC(=O)NCCN1CCC[C@@H](C)C1. The Labute approximate surface area is 130 Å². The van der Waals surface area contributed by atoms with Gasteiger partial charge in [-0.1, -0.05) is 18.3 Å². The third-order valence-corrected chi connectivity index (χ3v) is 4.91. The largest absolute Gasteiger partial charge is 0.355 e. The van der Waals surface area contributed by atoms with Crippen LogP contribution in [0, 0.1) is 12.8 Å². The van der Waals surface area contributed by atoms with Crippen LogP contribution in [0.4, 0.5) is 0 Å². The fourth-order valence-corrected chi connectivity index (χ4v) is 3.58. The predicted octanol–water partition coefficient (Wildman–Crippen LogP) is 1.46. The van der Waals surface area contributed by atoms with Crippen molar-refractivity contribution in [3.63, 3.8) is 0 Å². The molecule has 0 aromatic carbocycles. The van der Waals surface area contributed by atoms with E-state index in [2.05, 4.69) is 17.1 Å².